The number of nitrogens with zero attached hydrogens (tertiary/aromatic N) is 1. The molecule has 0 saturated heterocycles. The first-order valence-electron chi connectivity index (χ1n) is 4.82. The molecule has 0 aliphatic carbocycles. The zero-order chi connectivity index (χ0) is 12.1. The zero-order valence-electron chi connectivity index (χ0n) is 9.58. The van der Waals surface area contributed by atoms with Gasteiger partial charge in [-0.2, -0.15) is 0 Å². The molecule has 0 bridgehead atoms. The van der Waals surface area contributed by atoms with E-state index < -0.39 is 0 Å². The van der Waals surface area contributed by atoms with Gasteiger partial charge in [0.05, 0.1) is 18.1 Å². The van der Waals surface area contributed by atoms with E-state index in [2.05, 4.69) is 21.2 Å². The van der Waals surface area contributed by atoms with Crippen molar-refractivity contribution in [2.45, 2.75) is 0 Å². The van der Waals surface area contributed by atoms with Crippen LogP contribution in [0.15, 0.2) is 22.7 Å². The second-order valence-electron chi connectivity index (χ2n) is 3.49. The molecule has 1 N–H and O–H groups in total. The Morgan fingerprint density at radius 1 is 1.50 bits per heavy atom. The summed E-state index contributed by atoms with van der Waals surface area (Å²) in [6.07, 6.45) is 0. The van der Waals surface area contributed by atoms with Crippen LogP contribution in [0.25, 0.3) is 0 Å². The minimum absolute atomic E-state index is 0.0295. The molecular formula is C11H15BrN2O2. The number of anilines is 1. The number of carbonyl (C=O) groups excluding carboxylic acids is 1. The second-order valence-corrected chi connectivity index (χ2v) is 4.35. The van der Waals surface area contributed by atoms with Gasteiger partial charge in [0.2, 0.25) is 5.91 Å². The molecule has 1 aromatic carbocycles. The maximum Gasteiger partial charge on any atom is 0.241 e. The number of halogens is 1. The Morgan fingerprint density at radius 3 is 2.75 bits per heavy atom. The molecule has 4 nitrogen and oxygen atoms in total. The van der Waals surface area contributed by atoms with Crippen LogP contribution in [-0.2, 0) is 4.79 Å². The molecule has 1 rings (SSSR count). The second kappa shape index (κ2) is 5.75. The summed E-state index contributed by atoms with van der Waals surface area (Å²) in [6.45, 7) is 0.276. The van der Waals surface area contributed by atoms with Crippen LogP contribution in [-0.4, -0.2) is 38.6 Å². The van der Waals surface area contributed by atoms with Gasteiger partial charge < -0.3 is 15.0 Å². The predicted octanol–water partition coefficient (Wildman–Crippen LogP) is 1.96. The number of methoxy groups -OCH3 is 1. The molecule has 0 atom stereocenters. The SMILES string of the molecule is COc1cc(NCC(=O)N(C)C)ccc1Br. The van der Waals surface area contributed by atoms with Crippen molar-refractivity contribution < 1.29 is 9.53 Å². The topological polar surface area (TPSA) is 41.6 Å². The first-order valence-corrected chi connectivity index (χ1v) is 5.61. The molecular weight excluding hydrogens is 272 g/mol. The Labute approximate surface area is 104 Å². The van der Waals surface area contributed by atoms with E-state index >= 15 is 0 Å². The number of benzene rings is 1. The quantitative estimate of drug-likeness (QED) is 0.920. The van der Waals surface area contributed by atoms with Crippen LogP contribution in [0.3, 0.4) is 0 Å². The molecule has 0 heterocycles. The van der Waals surface area contributed by atoms with Gasteiger partial charge >= 0.3 is 0 Å². The fourth-order valence-electron chi connectivity index (χ4n) is 1.11. The van der Waals surface area contributed by atoms with Crippen molar-refractivity contribution in [3.05, 3.63) is 22.7 Å². The third-order valence-corrected chi connectivity index (χ3v) is 2.75. The van der Waals surface area contributed by atoms with E-state index in [9.17, 15) is 4.79 Å². The van der Waals surface area contributed by atoms with Crippen LogP contribution in [0.1, 0.15) is 0 Å². The van der Waals surface area contributed by atoms with Crippen LogP contribution in [0, 0.1) is 0 Å². The lowest BCUT2D eigenvalue weighted by atomic mass is 10.3. The smallest absolute Gasteiger partial charge is 0.241 e. The number of likely N-dealkylation sites (N-methyl/N-ethyl adjacent to an activating group) is 1. The lowest BCUT2D eigenvalue weighted by Crippen LogP contribution is -2.28. The molecule has 1 aromatic rings. The molecule has 0 saturated carbocycles. The van der Waals surface area contributed by atoms with Crippen LogP contribution >= 0.6 is 15.9 Å². The van der Waals surface area contributed by atoms with E-state index in [1.54, 1.807) is 26.1 Å². The summed E-state index contributed by atoms with van der Waals surface area (Å²) in [5, 5.41) is 3.04. The van der Waals surface area contributed by atoms with Crippen molar-refractivity contribution in [2.75, 3.05) is 33.1 Å². The van der Waals surface area contributed by atoms with E-state index in [1.807, 2.05) is 18.2 Å². The average Bonchev–Trinajstić information content (AvgIpc) is 2.27. The minimum Gasteiger partial charge on any atom is -0.495 e. The summed E-state index contributed by atoms with van der Waals surface area (Å²) in [6, 6.07) is 5.60. The largest absolute Gasteiger partial charge is 0.495 e. The summed E-state index contributed by atoms with van der Waals surface area (Å²) in [5.74, 6) is 0.768. The van der Waals surface area contributed by atoms with Crippen molar-refractivity contribution in [2.24, 2.45) is 0 Å². The van der Waals surface area contributed by atoms with Crippen molar-refractivity contribution in [3.63, 3.8) is 0 Å². The van der Waals surface area contributed by atoms with Gasteiger partial charge in [0.15, 0.2) is 0 Å². The highest BCUT2D eigenvalue weighted by molar-refractivity contribution is 9.10. The van der Waals surface area contributed by atoms with E-state index in [1.165, 1.54) is 0 Å². The Morgan fingerprint density at radius 2 is 2.19 bits per heavy atom. The van der Waals surface area contributed by atoms with E-state index in [0.717, 1.165) is 15.9 Å². The van der Waals surface area contributed by atoms with Crippen molar-refractivity contribution >= 4 is 27.5 Å². The highest BCUT2D eigenvalue weighted by Crippen LogP contribution is 2.27. The Bertz CT molecular complexity index is 380. The number of hydrogen-bond donors (Lipinski definition) is 1. The van der Waals surface area contributed by atoms with Crippen molar-refractivity contribution in [1.29, 1.82) is 0 Å². The standard InChI is InChI=1S/C11H15BrN2O2/c1-14(2)11(15)7-13-8-4-5-9(12)10(6-8)16-3/h4-6,13H,7H2,1-3H3. The Balaban J connectivity index is 2.64. The molecule has 88 valence electrons. The minimum atomic E-state index is 0.0295. The predicted molar refractivity (Wildman–Crippen MR) is 67.9 cm³/mol. The first-order chi connectivity index (χ1) is 7.54. The van der Waals surface area contributed by atoms with Gasteiger partial charge in [0, 0.05) is 25.8 Å². The van der Waals surface area contributed by atoms with Crippen LogP contribution in [0.2, 0.25) is 0 Å². The van der Waals surface area contributed by atoms with Crippen molar-refractivity contribution in [3.8, 4) is 5.75 Å². The molecule has 0 fully saturated rings. The summed E-state index contributed by atoms with van der Waals surface area (Å²) < 4.78 is 6.05. The van der Waals surface area contributed by atoms with Gasteiger partial charge in [-0.25, -0.2) is 0 Å². The molecule has 16 heavy (non-hydrogen) atoms. The van der Waals surface area contributed by atoms with Crippen LogP contribution < -0.4 is 10.1 Å². The summed E-state index contributed by atoms with van der Waals surface area (Å²) >= 11 is 3.37. The van der Waals surface area contributed by atoms with Gasteiger partial charge in [-0.05, 0) is 28.1 Å². The maximum atomic E-state index is 11.4. The third-order valence-electron chi connectivity index (χ3n) is 2.09. The normalized spacial score (nSPS) is 9.75. The number of nitrogens with one attached hydrogen (secondary N) is 1. The summed E-state index contributed by atoms with van der Waals surface area (Å²) in [4.78, 5) is 12.9. The van der Waals surface area contributed by atoms with Crippen LogP contribution in [0.4, 0.5) is 5.69 Å². The van der Waals surface area contributed by atoms with E-state index in [0.29, 0.717) is 0 Å². The maximum absolute atomic E-state index is 11.4. The van der Waals surface area contributed by atoms with E-state index in [4.69, 9.17) is 4.74 Å². The fourth-order valence-corrected chi connectivity index (χ4v) is 1.51. The third kappa shape index (κ3) is 3.41. The zero-order valence-corrected chi connectivity index (χ0v) is 11.2. The van der Waals surface area contributed by atoms with Gasteiger partial charge in [-0.3, -0.25) is 4.79 Å². The Hall–Kier alpha value is -1.23. The molecule has 1 amide bonds. The molecule has 0 spiro atoms. The van der Waals surface area contributed by atoms with Gasteiger partial charge in [-0.15, -0.1) is 0 Å². The van der Waals surface area contributed by atoms with Gasteiger partial charge in [-0.1, -0.05) is 0 Å². The lowest BCUT2D eigenvalue weighted by Gasteiger charge is -2.12. The Kier molecular flexibility index (Phi) is 4.61. The lowest BCUT2D eigenvalue weighted by molar-refractivity contribution is -0.126. The van der Waals surface area contributed by atoms with Gasteiger partial charge in [0.1, 0.15) is 5.75 Å². The highest BCUT2D eigenvalue weighted by Gasteiger charge is 2.05. The van der Waals surface area contributed by atoms with Crippen LogP contribution in [0.5, 0.6) is 5.75 Å². The number of hydrogen-bond acceptors (Lipinski definition) is 3. The number of amides is 1. The number of rotatable bonds is 4. The van der Waals surface area contributed by atoms with Crippen molar-refractivity contribution in [1.82, 2.24) is 4.90 Å². The average molecular weight is 287 g/mol. The first kappa shape index (κ1) is 12.8. The van der Waals surface area contributed by atoms with Gasteiger partial charge in [0.25, 0.3) is 0 Å². The fraction of sp³-hybridized carbons (Fsp3) is 0.364. The van der Waals surface area contributed by atoms with E-state index in [-0.39, 0.29) is 12.5 Å². The molecule has 0 unspecified atom stereocenters. The molecule has 0 aliphatic rings. The highest BCUT2D eigenvalue weighted by atomic mass is 79.9. The summed E-state index contributed by atoms with van der Waals surface area (Å²) in [5.41, 5.74) is 0.857. The number of carbonyl (C=O) groups is 1. The molecule has 0 aromatic heterocycles. The summed E-state index contributed by atoms with van der Waals surface area (Å²) in [7, 11) is 5.06. The number of ether oxygens (including phenoxy) is 1. The monoisotopic (exact) mass is 286 g/mol. The molecule has 5 heteroatoms. The molecule has 0 aliphatic heterocycles. The molecule has 0 radical (unpaired) electrons.